The van der Waals surface area contributed by atoms with Gasteiger partial charge in [0.2, 0.25) is 5.91 Å². The van der Waals surface area contributed by atoms with E-state index in [-0.39, 0.29) is 5.91 Å². The highest BCUT2D eigenvalue weighted by Gasteiger charge is 2.26. The summed E-state index contributed by atoms with van der Waals surface area (Å²) >= 11 is 1.71. The van der Waals surface area contributed by atoms with E-state index in [1.807, 2.05) is 0 Å². The first kappa shape index (κ1) is 15.8. The Hall–Kier alpha value is -1.75. The van der Waals surface area contributed by atoms with Crippen molar-refractivity contribution in [3.8, 4) is 0 Å². The number of carbonyl (C=O) groups is 1. The van der Waals surface area contributed by atoms with Crippen molar-refractivity contribution in [2.24, 2.45) is 4.99 Å². The minimum Gasteiger partial charge on any atom is -0.356 e. The summed E-state index contributed by atoms with van der Waals surface area (Å²) in [4.78, 5) is 19.1. The summed E-state index contributed by atoms with van der Waals surface area (Å²) in [7, 11) is 0. The maximum Gasteiger partial charge on any atom is 0.220 e. The fourth-order valence-electron chi connectivity index (χ4n) is 3.81. The van der Waals surface area contributed by atoms with Gasteiger partial charge in [0.15, 0.2) is 5.17 Å². The Balaban J connectivity index is 1.25. The average molecular weight is 341 g/mol. The highest BCUT2D eigenvalue weighted by Crippen LogP contribution is 2.35. The molecule has 4 nitrogen and oxygen atoms in total. The SMILES string of the molecule is O=C(C[C@@H]1CCc2ccccc21)NCCC1=CSC2=NCCCN12. The number of carbonyl (C=O) groups excluding carboxylic acids is 1. The first-order valence-corrected chi connectivity index (χ1v) is 9.71. The van der Waals surface area contributed by atoms with Gasteiger partial charge in [-0.15, -0.1) is 0 Å². The van der Waals surface area contributed by atoms with Gasteiger partial charge in [-0.2, -0.15) is 0 Å². The van der Waals surface area contributed by atoms with Crippen LogP contribution in [0.15, 0.2) is 40.4 Å². The largest absolute Gasteiger partial charge is 0.356 e. The quantitative estimate of drug-likeness (QED) is 0.894. The number of nitrogens with zero attached hydrogens (tertiary/aromatic N) is 2. The zero-order chi connectivity index (χ0) is 16.4. The van der Waals surface area contributed by atoms with Crippen LogP contribution in [0.5, 0.6) is 0 Å². The number of benzene rings is 1. The van der Waals surface area contributed by atoms with Gasteiger partial charge in [0.05, 0.1) is 0 Å². The predicted octanol–water partition coefficient (Wildman–Crippen LogP) is 3.26. The van der Waals surface area contributed by atoms with E-state index in [4.69, 9.17) is 0 Å². The molecule has 1 aromatic rings. The first-order valence-electron chi connectivity index (χ1n) is 8.83. The summed E-state index contributed by atoms with van der Waals surface area (Å²) in [6.45, 7) is 2.72. The second kappa shape index (κ2) is 7.01. The van der Waals surface area contributed by atoms with E-state index in [2.05, 4.69) is 44.9 Å². The molecule has 3 aliphatic rings. The van der Waals surface area contributed by atoms with E-state index in [1.54, 1.807) is 11.8 Å². The lowest BCUT2D eigenvalue weighted by Crippen LogP contribution is -2.32. The molecule has 1 amide bonds. The Bertz CT molecular complexity index is 698. The summed E-state index contributed by atoms with van der Waals surface area (Å²) in [5, 5.41) is 6.42. The third kappa shape index (κ3) is 3.22. The van der Waals surface area contributed by atoms with Crippen LogP contribution >= 0.6 is 11.8 Å². The number of nitrogens with one attached hydrogen (secondary N) is 1. The lowest BCUT2D eigenvalue weighted by Gasteiger charge is -2.25. The Labute approximate surface area is 147 Å². The number of amidine groups is 1. The van der Waals surface area contributed by atoms with Crippen LogP contribution in [0.4, 0.5) is 0 Å². The van der Waals surface area contributed by atoms with E-state index < -0.39 is 0 Å². The molecule has 1 aliphatic carbocycles. The molecule has 1 aromatic carbocycles. The number of aliphatic imine (C=N–C) groups is 1. The van der Waals surface area contributed by atoms with Crippen LogP contribution in [-0.4, -0.2) is 35.6 Å². The Morgan fingerprint density at radius 1 is 1.38 bits per heavy atom. The van der Waals surface area contributed by atoms with Crippen molar-refractivity contribution in [3.05, 3.63) is 46.5 Å². The van der Waals surface area contributed by atoms with Crippen LogP contribution in [0.1, 0.15) is 42.7 Å². The molecule has 2 heterocycles. The molecule has 0 unspecified atom stereocenters. The van der Waals surface area contributed by atoms with Gasteiger partial charge in [0.1, 0.15) is 0 Å². The second-order valence-corrected chi connectivity index (χ2v) is 7.47. The summed E-state index contributed by atoms with van der Waals surface area (Å²) in [5.74, 6) is 0.568. The predicted molar refractivity (Wildman–Crippen MR) is 99.0 cm³/mol. The zero-order valence-electron chi connectivity index (χ0n) is 13.8. The molecule has 24 heavy (non-hydrogen) atoms. The molecule has 126 valence electrons. The number of thioether (sulfide) groups is 1. The van der Waals surface area contributed by atoms with Crippen molar-refractivity contribution in [3.63, 3.8) is 0 Å². The van der Waals surface area contributed by atoms with Crippen molar-refractivity contribution < 1.29 is 4.79 Å². The van der Waals surface area contributed by atoms with Gasteiger partial charge in [-0.1, -0.05) is 36.0 Å². The van der Waals surface area contributed by atoms with Crippen LogP contribution in [-0.2, 0) is 11.2 Å². The molecule has 2 aliphatic heterocycles. The van der Waals surface area contributed by atoms with Gasteiger partial charge in [-0.05, 0) is 41.7 Å². The molecule has 0 bridgehead atoms. The molecule has 0 saturated heterocycles. The molecule has 5 heteroatoms. The first-order chi connectivity index (χ1) is 11.8. The summed E-state index contributed by atoms with van der Waals surface area (Å²) in [6, 6.07) is 8.54. The molecular formula is C19H23N3OS. The Kier molecular flexibility index (Phi) is 4.60. The molecule has 0 aromatic heterocycles. The van der Waals surface area contributed by atoms with Crippen molar-refractivity contribution in [1.29, 1.82) is 0 Å². The lowest BCUT2D eigenvalue weighted by molar-refractivity contribution is -0.121. The minimum absolute atomic E-state index is 0.176. The Morgan fingerprint density at radius 3 is 3.25 bits per heavy atom. The number of hydrogen-bond acceptors (Lipinski definition) is 4. The number of rotatable bonds is 5. The summed E-state index contributed by atoms with van der Waals surface area (Å²) < 4.78 is 0. The summed E-state index contributed by atoms with van der Waals surface area (Å²) in [6.07, 6.45) is 4.83. The topological polar surface area (TPSA) is 44.7 Å². The standard InChI is InChI=1S/C19H23N3OS/c23-18(12-15-7-6-14-4-1-2-5-17(14)15)20-10-8-16-13-24-19-21-9-3-11-22(16)19/h1-2,4-5,13,15H,3,6-12H2,(H,20,23)/t15-/m0/s1. The molecule has 0 radical (unpaired) electrons. The van der Waals surface area contributed by atoms with Gasteiger partial charge in [0, 0.05) is 38.2 Å². The van der Waals surface area contributed by atoms with E-state index in [0.717, 1.165) is 43.9 Å². The van der Waals surface area contributed by atoms with Gasteiger partial charge in [-0.25, -0.2) is 0 Å². The highest BCUT2D eigenvalue weighted by atomic mass is 32.2. The Morgan fingerprint density at radius 2 is 2.29 bits per heavy atom. The normalized spacial score (nSPS) is 21.8. The van der Waals surface area contributed by atoms with E-state index >= 15 is 0 Å². The summed E-state index contributed by atoms with van der Waals surface area (Å²) in [5.41, 5.74) is 4.09. The van der Waals surface area contributed by atoms with Gasteiger partial charge < -0.3 is 10.2 Å². The van der Waals surface area contributed by atoms with Crippen LogP contribution in [0.25, 0.3) is 0 Å². The molecule has 0 fully saturated rings. The molecule has 0 spiro atoms. The van der Waals surface area contributed by atoms with Crippen molar-refractivity contribution in [2.75, 3.05) is 19.6 Å². The van der Waals surface area contributed by atoms with Gasteiger partial charge >= 0.3 is 0 Å². The van der Waals surface area contributed by atoms with Crippen LogP contribution in [0, 0.1) is 0 Å². The molecule has 1 N–H and O–H groups in total. The third-order valence-corrected chi connectivity index (χ3v) is 6.01. The van der Waals surface area contributed by atoms with Gasteiger partial charge in [-0.3, -0.25) is 9.79 Å². The molecule has 4 rings (SSSR count). The number of amides is 1. The number of hydrogen-bond donors (Lipinski definition) is 1. The fraction of sp³-hybridized carbons (Fsp3) is 0.474. The second-order valence-electron chi connectivity index (χ2n) is 6.64. The smallest absolute Gasteiger partial charge is 0.220 e. The molecule has 1 atom stereocenters. The monoisotopic (exact) mass is 341 g/mol. The van der Waals surface area contributed by atoms with Crippen molar-refractivity contribution in [1.82, 2.24) is 10.2 Å². The average Bonchev–Trinajstić information content (AvgIpc) is 3.20. The van der Waals surface area contributed by atoms with Crippen LogP contribution in [0.3, 0.4) is 0 Å². The zero-order valence-corrected chi connectivity index (χ0v) is 14.6. The number of aryl methyl sites for hydroxylation is 1. The van der Waals surface area contributed by atoms with E-state index in [9.17, 15) is 4.79 Å². The highest BCUT2D eigenvalue weighted by molar-refractivity contribution is 8.16. The third-order valence-electron chi connectivity index (χ3n) is 5.06. The molecule has 0 saturated carbocycles. The van der Waals surface area contributed by atoms with Crippen LogP contribution in [0.2, 0.25) is 0 Å². The van der Waals surface area contributed by atoms with E-state index in [0.29, 0.717) is 18.9 Å². The number of fused-ring (bicyclic) bond motifs is 2. The van der Waals surface area contributed by atoms with Crippen molar-refractivity contribution >= 4 is 22.8 Å². The van der Waals surface area contributed by atoms with E-state index in [1.165, 1.54) is 16.8 Å². The molecular weight excluding hydrogens is 318 g/mol. The van der Waals surface area contributed by atoms with Gasteiger partial charge in [0.25, 0.3) is 0 Å². The van der Waals surface area contributed by atoms with Crippen molar-refractivity contribution in [2.45, 2.75) is 38.0 Å². The lowest BCUT2D eigenvalue weighted by atomic mass is 9.97. The maximum absolute atomic E-state index is 12.3. The maximum atomic E-state index is 12.3. The fourth-order valence-corrected chi connectivity index (χ4v) is 4.80. The van der Waals surface area contributed by atoms with Crippen LogP contribution < -0.4 is 5.32 Å². The minimum atomic E-state index is 0.176.